The smallest absolute Gasteiger partial charge is 0.309 e. The van der Waals surface area contributed by atoms with Crippen molar-refractivity contribution in [1.82, 2.24) is 0 Å². The van der Waals surface area contributed by atoms with E-state index in [4.69, 9.17) is 24.7 Å². The highest BCUT2D eigenvalue weighted by Gasteiger charge is 2.55. The predicted molar refractivity (Wildman–Crippen MR) is 203 cm³/mol. The standard InChI is InChI=1S/C42H73NO10/c1-11-29(39(46)47)32-15-14-23(4)37(52-32)27(8)35(44)26(7)36(45)30(12-2)38-25(6)22-24(5)31(51-38)16-17-33(43)42(49)21-20-40(10,53-42)34-18-19-41(48,13-3)28(9)50-34/h16-17,23-35,37-38,44,48-49H,11-15,18-22,43H2,1-10H3,(H,46,47)/b17-16-/t23-,24+,25-,26-,27-,28-,29+,30-,31+,32+,33+,34+,35+,37+,38-,40-,41+,42+/m0/s1. The number of carbonyl (C=O) groups is 2. The van der Waals surface area contributed by atoms with Crippen molar-refractivity contribution >= 4 is 11.8 Å². The molecule has 11 nitrogen and oxygen atoms in total. The van der Waals surface area contributed by atoms with Crippen molar-refractivity contribution in [2.24, 2.45) is 47.2 Å². The molecule has 0 spiro atoms. The predicted octanol–water partition coefficient (Wildman–Crippen LogP) is 5.79. The van der Waals surface area contributed by atoms with Crippen LogP contribution in [0.3, 0.4) is 0 Å². The van der Waals surface area contributed by atoms with Crippen LogP contribution in [0.15, 0.2) is 12.2 Å². The van der Waals surface area contributed by atoms with Gasteiger partial charge in [-0.1, -0.05) is 67.5 Å². The number of Topliss-reactive ketones (excluding diaryl/α,β-unsaturated/α-hetero) is 1. The SMILES string of the molecule is CC[C@@H](C(=O)[C@@H](C)[C@@H](O)[C@H](C)[C@@H]1O[C@@H]([C@@H](CC)C(=O)O)CC[C@@H]1C)[C@H]1O[C@H](/C=C\[C@@H](N)[C@@]2(O)CC[C@@](C)([C@H]3CC[C@](O)(CC)[C@H](C)O3)O2)[C@H](C)C[C@@H]1C. The number of aliphatic hydroxyl groups is 3. The second-order valence-corrected chi connectivity index (χ2v) is 17.8. The Morgan fingerprint density at radius 1 is 0.868 bits per heavy atom. The Morgan fingerprint density at radius 2 is 1.53 bits per heavy atom. The topological polar surface area (TPSA) is 178 Å². The maximum atomic E-state index is 14.2. The molecule has 4 rings (SSSR count). The zero-order chi connectivity index (χ0) is 39.6. The molecule has 0 amide bonds. The third kappa shape index (κ3) is 9.41. The molecule has 0 bridgehead atoms. The van der Waals surface area contributed by atoms with Gasteiger partial charge in [-0.15, -0.1) is 0 Å². The fraction of sp³-hybridized carbons (Fsp3) is 0.905. The van der Waals surface area contributed by atoms with Gasteiger partial charge < -0.3 is 45.1 Å². The molecule has 0 aromatic heterocycles. The highest BCUT2D eigenvalue weighted by atomic mass is 16.7. The first-order valence-corrected chi connectivity index (χ1v) is 20.7. The molecule has 4 heterocycles. The number of nitrogens with two attached hydrogens (primary N) is 1. The summed E-state index contributed by atoms with van der Waals surface area (Å²) in [6.07, 6.45) is 6.73. The summed E-state index contributed by atoms with van der Waals surface area (Å²) in [5.41, 5.74) is 5.01. The van der Waals surface area contributed by atoms with E-state index in [1.54, 1.807) is 13.0 Å². The molecule has 4 aliphatic rings. The zero-order valence-corrected chi connectivity index (χ0v) is 34.2. The third-order valence-electron chi connectivity index (χ3n) is 14.1. The summed E-state index contributed by atoms with van der Waals surface area (Å²) >= 11 is 0. The molecule has 0 saturated carbocycles. The van der Waals surface area contributed by atoms with E-state index in [1.165, 1.54) is 0 Å². The summed E-state index contributed by atoms with van der Waals surface area (Å²) in [6, 6.07) is -0.820. The number of ether oxygens (including phenoxy) is 4. The lowest BCUT2D eigenvalue weighted by Crippen LogP contribution is -2.56. The van der Waals surface area contributed by atoms with E-state index in [1.807, 2.05) is 47.6 Å². The van der Waals surface area contributed by atoms with Gasteiger partial charge in [-0.2, -0.15) is 0 Å². The van der Waals surface area contributed by atoms with Gasteiger partial charge in [0.1, 0.15) is 5.78 Å². The van der Waals surface area contributed by atoms with E-state index in [0.717, 1.165) is 12.8 Å². The largest absolute Gasteiger partial charge is 0.481 e. The molecule has 0 aliphatic carbocycles. The average molecular weight is 752 g/mol. The lowest BCUT2D eigenvalue weighted by molar-refractivity contribution is -0.274. The fourth-order valence-corrected chi connectivity index (χ4v) is 10.0. The number of aliphatic carboxylic acids is 1. The molecule has 0 aromatic carbocycles. The summed E-state index contributed by atoms with van der Waals surface area (Å²) in [4.78, 5) is 26.1. The van der Waals surface area contributed by atoms with Crippen LogP contribution in [-0.2, 0) is 28.5 Å². The molecule has 53 heavy (non-hydrogen) atoms. The van der Waals surface area contributed by atoms with Crippen molar-refractivity contribution in [2.75, 3.05) is 0 Å². The number of ketones is 1. The van der Waals surface area contributed by atoms with Gasteiger partial charge in [0, 0.05) is 24.2 Å². The number of hydrogen-bond donors (Lipinski definition) is 5. The number of carbonyl (C=O) groups excluding carboxylic acids is 1. The fourth-order valence-electron chi connectivity index (χ4n) is 10.0. The van der Waals surface area contributed by atoms with Crippen molar-refractivity contribution in [2.45, 2.75) is 199 Å². The van der Waals surface area contributed by atoms with Crippen molar-refractivity contribution in [3.63, 3.8) is 0 Å². The molecule has 4 aliphatic heterocycles. The van der Waals surface area contributed by atoms with Crippen molar-refractivity contribution in [3.8, 4) is 0 Å². The van der Waals surface area contributed by atoms with Crippen LogP contribution >= 0.6 is 0 Å². The Kier molecular flexibility index (Phi) is 14.9. The van der Waals surface area contributed by atoms with E-state index >= 15 is 0 Å². The minimum absolute atomic E-state index is 0.0424. The van der Waals surface area contributed by atoms with E-state index < -0.39 is 59.0 Å². The number of rotatable bonds is 15. The minimum Gasteiger partial charge on any atom is -0.481 e. The first-order chi connectivity index (χ1) is 24.7. The van der Waals surface area contributed by atoms with Crippen LogP contribution in [0.25, 0.3) is 0 Å². The molecule has 306 valence electrons. The van der Waals surface area contributed by atoms with Gasteiger partial charge in [0.05, 0.1) is 65.9 Å². The van der Waals surface area contributed by atoms with Crippen LogP contribution in [0.2, 0.25) is 0 Å². The molecule has 0 aromatic rings. The number of hydrogen-bond acceptors (Lipinski definition) is 10. The normalized spacial score (nSPS) is 43.2. The maximum absolute atomic E-state index is 14.2. The molecule has 0 radical (unpaired) electrons. The van der Waals surface area contributed by atoms with Gasteiger partial charge in [0.25, 0.3) is 0 Å². The summed E-state index contributed by atoms with van der Waals surface area (Å²) in [7, 11) is 0. The Morgan fingerprint density at radius 3 is 2.11 bits per heavy atom. The van der Waals surface area contributed by atoms with Crippen LogP contribution in [0.4, 0.5) is 0 Å². The first-order valence-electron chi connectivity index (χ1n) is 20.7. The molecule has 0 unspecified atom stereocenters. The van der Waals surface area contributed by atoms with Crippen LogP contribution in [-0.4, -0.2) is 97.9 Å². The van der Waals surface area contributed by atoms with Gasteiger partial charge in [0.2, 0.25) is 0 Å². The molecular weight excluding hydrogens is 678 g/mol. The Hall–Kier alpha value is -1.44. The maximum Gasteiger partial charge on any atom is 0.309 e. The average Bonchev–Trinajstić information content (AvgIpc) is 3.45. The monoisotopic (exact) mass is 752 g/mol. The van der Waals surface area contributed by atoms with Crippen molar-refractivity contribution in [3.05, 3.63) is 12.2 Å². The number of carboxylic acids is 1. The van der Waals surface area contributed by atoms with Crippen LogP contribution in [0, 0.1) is 41.4 Å². The van der Waals surface area contributed by atoms with Gasteiger partial charge in [-0.05, 0) is 89.4 Å². The van der Waals surface area contributed by atoms with E-state index in [0.29, 0.717) is 51.4 Å². The highest BCUT2D eigenvalue weighted by Crippen LogP contribution is 2.46. The zero-order valence-electron chi connectivity index (χ0n) is 34.2. The second kappa shape index (κ2) is 17.8. The Balaban J connectivity index is 1.40. The Labute approximate surface area is 318 Å². The second-order valence-electron chi connectivity index (χ2n) is 17.8. The van der Waals surface area contributed by atoms with Gasteiger partial charge in [-0.25, -0.2) is 0 Å². The molecule has 18 atom stereocenters. The van der Waals surface area contributed by atoms with Crippen molar-refractivity contribution in [1.29, 1.82) is 0 Å². The van der Waals surface area contributed by atoms with Gasteiger partial charge in [-0.3, -0.25) is 9.59 Å². The quantitative estimate of drug-likeness (QED) is 0.128. The number of aliphatic hydroxyl groups excluding tert-OH is 1. The summed E-state index contributed by atoms with van der Waals surface area (Å²) < 4.78 is 25.7. The molecule has 11 heteroatoms. The van der Waals surface area contributed by atoms with E-state index in [9.17, 15) is 30.0 Å². The van der Waals surface area contributed by atoms with Crippen LogP contribution in [0.1, 0.15) is 133 Å². The minimum atomic E-state index is -1.59. The third-order valence-corrected chi connectivity index (χ3v) is 14.1. The molecule has 4 fully saturated rings. The summed E-state index contributed by atoms with van der Waals surface area (Å²) in [5.74, 6) is -4.17. The number of carboxylic acid groups (broad SMARTS) is 1. The van der Waals surface area contributed by atoms with E-state index in [2.05, 4.69) is 20.8 Å². The molecule has 4 saturated heterocycles. The highest BCUT2D eigenvalue weighted by molar-refractivity contribution is 5.84. The van der Waals surface area contributed by atoms with Crippen LogP contribution in [0.5, 0.6) is 0 Å². The molecular formula is C42H73NO10. The van der Waals surface area contributed by atoms with Gasteiger partial charge in [0.15, 0.2) is 5.79 Å². The summed E-state index contributed by atoms with van der Waals surface area (Å²) in [5, 5.41) is 43.9. The van der Waals surface area contributed by atoms with E-state index in [-0.39, 0.29) is 60.0 Å². The lowest BCUT2D eigenvalue weighted by Gasteiger charge is -2.46. The first kappa shape index (κ1) is 44.3. The van der Waals surface area contributed by atoms with Crippen molar-refractivity contribution < 1.29 is 49.0 Å². The summed E-state index contributed by atoms with van der Waals surface area (Å²) in [6.45, 7) is 19.6. The lowest BCUT2D eigenvalue weighted by atomic mass is 9.73. The Bertz CT molecular complexity index is 1260. The van der Waals surface area contributed by atoms with Gasteiger partial charge >= 0.3 is 5.97 Å². The van der Waals surface area contributed by atoms with Crippen LogP contribution < -0.4 is 5.73 Å². The molecule has 6 N–H and O–H groups in total.